The van der Waals surface area contributed by atoms with E-state index in [9.17, 15) is 4.79 Å². The minimum atomic E-state index is -0.128. The van der Waals surface area contributed by atoms with E-state index < -0.39 is 0 Å². The molecule has 1 aliphatic heterocycles. The number of rotatable bonds is 4. The van der Waals surface area contributed by atoms with Crippen molar-refractivity contribution in [2.24, 2.45) is 0 Å². The van der Waals surface area contributed by atoms with Gasteiger partial charge in [0.2, 0.25) is 0 Å². The van der Waals surface area contributed by atoms with Gasteiger partial charge in [-0.3, -0.25) is 4.79 Å². The summed E-state index contributed by atoms with van der Waals surface area (Å²) >= 11 is 5.79. The van der Waals surface area contributed by atoms with Gasteiger partial charge in [-0.1, -0.05) is 24.6 Å². The van der Waals surface area contributed by atoms with E-state index in [1.54, 1.807) is 18.2 Å². The van der Waals surface area contributed by atoms with E-state index in [0.717, 1.165) is 32.5 Å². The van der Waals surface area contributed by atoms with Gasteiger partial charge in [0.15, 0.2) is 0 Å². The molecule has 1 aliphatic rings. The maximum absolute atomic E-state index is 12.0. The van der Waals surface area contributed by atoms with Crippen molar-refractivity contribution in [1.29, 1.82) is 0 Å². The summed E-state index contributed by atoms with van der Waals surface area (Å²) < 4.78 is 0. The van der Waals surface area contributed by atoms with E-state index in [4.69, 9.17) is 11.6 Å². The summed E-state index contributed by atoms with van der Waals surface area (Å²) in [4.78, 5) is 18.5. The molecule has 4 nitrogen and oxygen atoms in total. The molecule has 1 aromatic rings. The molecule has 104 valence electrons. The summed E-state index contributed by atoms with van der Waals surface area (Å²) in [6.07, 6.45) is 3.20. The third-order valence-corrected chi connectivity index (χ3v) is 3.62. The normalized spacial score (nSPS) is 17.4. The molecule has 1 N–H and O–H groups in total. The summed E-state index contributed by atoms with van der Waals surface area (Å²) in [6.45, 7) is 5.46. The zero-order valence-corrected chi connectivity index (χ0v) is 12.0. The highest BCUT2D eigenvalue weighted by Crippen LogP contribution is 2.12. The standard InChI is InChI=1S/C14H20ClN3O/c1-2-8-18-9-6-11(7-10-18)16-14(19)12-4-3-5-13(15)17-12/h3-5,11H,2,6-10H2,1H3,(H,16,19). The predicted molar refractivity (Wildman–Crippen MR) is 76.5 cm³/mol. The molecule has 0 unspecified atom stereocenters. The number of halogens is 1. The fourth-order valence-electron chi connectivity index (χ4n) is 2.41. The monoisotopic (exact) mass is 281 g/mol. The summed E-state index contributed by atoms with van der Waals surface area (Å²) in [6, 6.07) is 5.35. The summed E-state index contributed by atoms with van der Waals surface area (Å²) in [5.41, 5.74) is 0.392. The first-order valence-corrected chi connectivity index (χ1v) is 7.22. The number of carbonyl (C=O) groups excluding carboxylic acids is 1. The Kier molecular flexibility index (Phi) is 5.16. The predicted octanol–water partition coefficient (Wildman–Crippen LogP) is 2.34. The molecule has 1 amide bonds. The van der Waals surface area contributed by atoms with Crippen molar-refractivity contribution in [3.05, 3.63) is 29.0 Å². The molecule has 0 spiro atoms. The average Bonchev–Trinajstić information content (AvgIpc) is 2.41. The SMILES string of the molecule is CCCN1CCC(NC(=O)c2cccc(Cl)n2)CC1. The Labute approximate surface area is 119 Å². The first kappa shape index (κ1) is 14.3. The van der Waals surface area contributed by atoms with E-state index in [1.165, 1.54) is 6.42 Å². The van der Waals surface area contributed by atoms with Crippen LogP contribution < -0.4 is 5.32 Å². The molecule has 1 saturated heterocycles. The molecule has 0 bridgehead atoms. The highest BCUT2D eigenvalue weighted by Gasteiger charge is 2.20. The molecule has 0 aliphatic carbocycles. The van der Waals surface area contributed by atoms with Crippen molar-refractivity contribution in [1.82, 2.24) is 15.2 Å². The van der Waals surface area contributed by atoms with Crippen LogP contribution in [0.1, 0.15) is 36.7 Å². The molecule has 1 fully saturated rings. The van der Waals surface area contributed by atoms with Crippen LogP contribution in [0.3, 0.4) is 0 Å². The highest BCUT2D eigenvalue weighted by molar-refractivity contribution is 6.29. The number of nitrogens with zero attached hydrogens (tertiary/aromatic N) is 2. The Morgan fingerprint density at radius 1 is 1.47 bits per heavy atom. The van der Waals surface area contributed by atoms with Gasteiger partial charge < -0.3 is 10.2 Å². The molecular formula is C14H20ClN3O. The van der Waals surface area contributed by atoms with Gasteiger partial charge in [-0.2, -0.15) is 0 Å². The lowest BCUT2D eigenvalue weighted by Gasteiger charge is -2.31. The number of likely N-dealkylation sites (tertiary alicyclic amines) is 1. The Bertz CT molecular complexity index is 430. The fraction of sp³-hybridized carbons (Fsp3) is 0.571. The molecule has 19 heavy (non-hydrogen) atoms. The second-order valence-electron chi connectivity index (χ2n) is 4.93. The zero-order valence-electron chi connectivity index (χ0n) is 11.2. The summed E-state index contributed by atoms with van der Waals surface area (Å²) in [5.74, 6) is -0.128. The molecule has 2 rings (SSSR count). The van der Waals surface area contributed by atoms with Gasteiger partial charge in [0.1, 0.15) is 10.8 Å². The van der Waals surface area contributed by atoms with Crippen LogP contribution in [0.2, 0.25) is 5.15 Å². The second-order valence-corrected chi connectivity index (χ2v) is 5.32. The third-order valence-electron chi connectivity index (χ3n) is 3.41. The van der Waals surface area contributed by atoms with Gasteiger partial charge >= 0.3 is 0 Å². The number of pyridine rings is 1. The van der Waals surface area contributed by atoms with Crippen molar-refractivity contribution in [3.63, 3.8) is 0 Å². The number of carbonyl (C=O) groups is 1. The quantitative estimate of drug-likeness (QED) is 0.862. The number of aromatic nitrogens is 1. The minimum absolute atomic E-state index is 0.128. The van der Waals surface area contributed by atoms with Crippen LogP contribution >= 0.6 is 11.6 Å². The van der Waals surface area contributed by atoms with Crippen molar-refractivity contribution in [2.45, 2.75) is 32.2 Å². The lowest BCUT2D eigenvalue weighted by molar-refractivity contribution is 0.0906. The van der Waals surface area contributed by atoms with E-state index in [-0.39, 0.29) is 11.9 Å². The largest absolute Gasteiger partial charge is 0.348 e. The first-order valence-electron chi connectivity index (χ1n) is 6.85. The molecule has 0 aromatic carbocycles. The average molecular weight is 282 g/mol. The van der Waals surface area contributed by atoms with E-state index >= 15 is 0 Å². The van der Waals surface area contributed by atoms with Crippen LogP contribution in [0.4, 0.5) is 0 Å². The number of hydrogen-bond donors (Lipinski definition) is 1. The van der Waals surface area contributed by atoms with Gasteiger partial charge in [-0.15, -0.1) is 0 Å². The summed E-state index contributed by atoms with van der Waals surface area (Å²) in [5, 5.41) is 3.39. The van der Waals surface area contributed by atoms with Gasteiger partial charge in [0.25, 0.3) is 5.91 Å². The second kappa shape index (κ2) is 6.87. The topological polar surface area (TPSA) is 45.2 Å². The van der Waals surface area contributed by atoms with Crippen LogP contribution in [0.5, 0.6) is 0 Å². The molecule has 2 heterocycles. The Hall–Kier alpha value is -1.13. The van der Waals surface area contributed by atoms with Gasteiger partial charge in [-0.05, 0) is 37.9 Å². The van der Waals surface area contributed by atoms with Crippen LogP contribution in [-0.4, -0.2) is 41.5 Å². The van der Waals surface area contributed by atoms with E-state index in [0.29, 0.717) is 10.8 Å². The smallest absolute Gasteiger partial charge is 0.270 e. The maximum Gasteiger partial charge on any atom is 0.270 e. The number of hydrogen-bond acceptors (Lipinski definition) is 3. The lowest BCUT2D eigenvalue weighted by Crippen LogP contribution is -2.44. The molecular weight excluding hydrogens is 262 g/mol. The van der Waals surface area contributed by atoms with Crippen molar-refractivity contribution in [3.8, 4) is 0 Å². The van der Waals surface area contributed by atoms with Gasteiger partial charge in [-0.25, -0.2) is 4.98 Å². The molecule has 5 heteroatoms. The Morgan fingerprint density at radius 2 is 2.21 bits per heavy atom. The molecule has 0 saturated carbocycles. The van der Waals surface area contributed by atoms with Crippen molar-refractivity contribution < 1.29 is 4.79 Å². The summed E-state index contributed by atoms with van der Waals surface area (Å²) in [7, 11) is 0. The molecule has 1 aromatic heterocycles. The van der Waals surface area contributed by atoms with Crippen LogP contribution in [0, 0.1) is 0 Å². The van der Waals surface area contributed by atoms with Gasteiger partial charge in [0, 0.05) is 19.1 Å². The van der Waals surface area contributed by atoms with E-state index in [1.807, 2.05) is 0 Å². The lowest BCUT2D eigenvalue weighted by atomic mass is 10.0. The number of amides is 1. The van der Waals surface area contributed by atoms with Crippen molar-refractivity contribution >= 4 is 17.5 Å². The minimum Gasteiger partial charge on any atom is -0.348 e. The van der Waals surface area contributed by atoms with Gasteiger partial charge in [0.05, 0.1) is 0 Å². The Balaban J connectivity index is 1.84. The Morgan fingerprint density at radius 3 is 2.84 bits per heavy atom. The third kappa shape index (κ3) is 4.18. The molecule has 0 atom stereocenters. The fourth-order valence-corrected chi connectivity index (χ4v) is 2.57. The van der Waals surface area contributed by atoms with E-state index in [2.05, 4.69) is 22.1 Å². The van der Waals surface area contributed by atoms with Crippen LogP contribution in [-0.2, 0) is 0 Å². The number of piperidine rings is 1. The van der Waals surface area contributed by atoms with Crippen LogP contribution in [0.25, 0.3) is 0 Å². The zero-order chi connectivity index (χ0) is 13.7. The molecule has 0 radical (unpaired) electrons. The number of nitrogens with one attached hydrogen (secondary N) is 1. The van der Waals surface area contributed by atoms with Crippen LogP contribution in [0.15, 0.2) is 18.2 Å². The van der Waals surface area contributed by atoms with Crippen molar-refractivity contribution in [2.75, 3.05) is 19.6 Å². The first-order chi connectivity index (χ1) is 9.19. The highest BCUT2D eigenvalue weighted by atomic mass is 35.5. The maximum atomic E-state index is 12.0.